The number of carboxylic acids is 1. The Balaban J connectivity index is 2.42. The van der Waals surface area contributed by atoms with Gasteiger partial charge < -0.3 is 15.7 Å². The summed E-state index contributed by atoms with van der Waals surface area (Å²) in [6.45, 7) is 0.180. The Morgan fingerprint density at radius 2 is 2.11 bits per heavy atom. The summed E-state index contributed by atoms with van der Waals surface area (Å²) in [5.74, 6) is -1.28. The van der Waals surface area contributed by atoms with E-state index in [4.69, 9.17) is 5.11 Å². The quantitative estimate of drug-likeness (QED) is 0.632. The van der Waals surface area contributed by atoms with Crippen LogP contribution in [0.15, 0.2) is 11.4 Å². The van der Waals surface area contributed by atoms with Crippen LogP contribution in [0.25, 0.3) is 0 Å². The minimum absolute atomic E-state index is 0.0430. The van der Waals surface area contributed by atoms with Gasteiger partial charge in [0, 0.05) is 20.0 Å². The summed E-state index contributed by atoms with van der Waals surface area (Å²) in [4.78, 5) is 33.1. The highest BCUT2D eigenvalue weighted by Crippen LogP contribution is 2.22. The fourth-order valence-corrected chi connectivity index (χ4v) is 1.91. The lowest BCUT2D eigenvalue weighted by Gasteiger charge is -2.06. The molecule has 0 radical (unpaired) electrons. The second-order valence-corrected chi connectivity index (χ2v) is 4.19. The van der Waals surface area contributed by atoms with Gasteiger partial charge >= 0.3 is 12.0 Å². The van der Waals surface area contributed by atoms with Gasteiger partial charge in [0.1, 0.15) is 5.00 Å². The van der Waals surface area contributed by atoms with E-state index in [2.05, 4.69) is 16.0 Å². The lowest BCUT2D eigenvalue weighted by molar-refractivity contribution is -0.120. The topological polar surface area (TPSA) is 108 Å². The minimum atomic E-state index is -1.10. The molecular weight excluding hydrogens is 258 g/mol. The number of carbonyl (C=O) groups excluding carboxylic acids is 2. The summed E-state index contributed by atoms with van der Waals surface area (Å²) >= 11 is 1.12. The third kappa shape index (κ3) is 4.06. The molecule has 0 spiro atoms. The third-order valence-electron chi connectivity index (χ3n) is 2.04. The number of thiophene rings is 1. The van der Waals surface area contributed by atoms with Crippen LogP contribution in [0.2, 0.25) is 0 Å². The van der Waals surface area contributed by atoms with Gasteiger partial charge in [-0.05, 0) is 11.4 Å². The van der Waals surface area contributed by atoms with Crippen molar-refractivity contribution in [1.82, 2.24) is 10.6 Å². The average Bonchev–Trinajstić information content (AvgIpc) is 2.76. The fourth-order valence-electron chi connectivity index (χ4n) is 1.14. The Morgan fingerprint density at radius 3 is 2.72 bits per heavy atom. The summed E-state index contributed by atoms with van der Waals surface area (Å²) in [5, 5.41) is 18.0. The molecule has 0 bridgehead atoms. The van der Waals surface area contributed by atoms with Crippen molar-refractivity contribution in [2.75, 3.05) is 18.9 Å². The van der Waals surface area contributed by atoms with E-state index >= 15 is 0 Å². The predicted octanol–water partition coefficient (Wildman–Crippen LogP) is 0.704. The first-order valence-electron chi connectivity index (χ1n) is 5.10. The second kappa shape index (κ2) is 6.60. The lowest BCUT2D eigenvalue weighted by Crippen LogP contribution is -2.32. The molecule has 0 fully saturated rings. The first-order valence-corrected chi connectivity index (χ1v) is 5.98. The predicted molar refractivity (Wildman–Crippen MR) is 67.0 cm³/mol. The molecule has 0 aliphatic rings. The van der Waals surface area contributed by atoms with Crippen LogP contribution in [-0.4, -0.2) is 36.6 Å². The van der Waals surface area contributed by atoms with Crippen molar-refractivity contribution in [3.63, 3.8) is 0 Å². The van der Waals surface area contributed by atoms with Gasteiger partial charge in [-0.1, -0.05) is 0 Å². The van der Waals surface area contributed by atoms with Crippen molar-refractivity contribution in [1.29, 1.82) is 0 Å². The van der Waals surface area contributed by atoms with Crippen LogP contribution in [0.1, 0.15) is 16.8 Å². The highest BCUT2D eigenvalue weighted by molar-refractivity contribution is 7.14. The molecule has 7 nitrogen and oxygen atoms in total. The molecule has 1 heterocycles. The smallest absolute Gasteiger partial charge is 0.338 e. The Hall–Kier alpha value is -2.09. The van der Waals surface area contributed by atoms with Crippen molar-refractivity contribution in [2.45, 2.75) is 6.42 Å². The summed E-state index contributed by atoms with van der Waals surface area (Å²) in [5.41, 5.74) is 0.0430. The van der Waals surface area contributed by atoms with E-state index < -0.39 is 12.0 Å². The van der Waals surface area contributed by atoms with E-state index in [1.165, 1.54) is 13.1 Å². The SMILES string of the molecule is CNC(=O)CCNC(=O)Nc1sccc1C(=O)O. The maximum absolute atomic E-state index is 11.4. The standard InChI is InChI=1S/C10H13N3O4S/c1-11-7(14)2-4-12-10(17)13-8-6(9(15)16)3-5-18-8/h3,5H,2,4H2,1H3,(H,11,14)(H,15,16)(H2,12,13,17). The normalized spacial score (nSPS) is 9.61. The Morgan fingerprint density at radius 1 is 1.39 bits per heavy atom. The van der Waals surface area contributed by atoms with Crippen LogP contribution in [0.5, 0.6) is 0 Å². The zero-order valence-corrected chi connectivity index (χ0v) is 10.5. The summed E-state index contributed by atoms with van der Waals surface area (Å²) in [6.07, 6.45) is 0.167. The maximum Gasteiger partial charge on any atom is 0.338 e. The summed E-state index contributed by atoms with van der Waals surface area (Å²) < 4.78 is 0. The third-order valence-corrected chi connectivity index (χ3v) is 2.87. The number of rotatable bonds is 5. The summed E-state index contributed by atoms with van der Waals surface area (Å²) in [7, 11) is 1.51. The fraction of sp³-hybridized carbons (Fsp3) is 0.300. The largest absolute Gasteiger partial charge is 0.478 e. The van der Waals surface area contributed by atoms with E-state index in [1.807, 2.05) is 0 Å². The van der Waals surface area contributed by atoms with Crippen LogP contribution >= 0.6 is 11.3 Å². The van der Waals surface area contributed by atoms with Gasteiger partial charge in [0.05, 0.1) is 5.56 Å². The number of aromatic carboxylic acids is 1. The van der Waals surface area contributed by atoms with Crippen LogP contribution in [0.3, 0.4) is 0 Å². The monoisotopic (exact) mass is 271 g/mol. The van der Waals surface area contributed by atoms with Crippen LogP contribution in [0.4, 0.5) is 9.80 Å². The highest BCUT2D eigenvalue weighted by Gasteiger charge is 2.13. The average molecular weight is 271 g/mol. The molecule has 0 aliphatic heterocycles. The number of anilines is 1. The van der Waals surface area contributed by atoms with Gasteiger partial charge in [-0.3, -0.25) is 10.1 Å². The van der Waals surface area contributed by atoms with Crippen LogP contribution < -0.4 is 16.0 Å². The van der Waals surface area contributed by atoms with E-state index in [-0.39, 0.29) is 29.4 Å². The Bertz CT molecular complexity index is 458. The zero-order chi connectivity index (χ0) is 13.5. The van der Waals surface area contributed by atoms with Gasteiger partial charge in [-0.2, -0.15) is 0 Å². The molecule has 3 amide bonds. The van der Waals surface area contributed by atoms with Crippen molar-refractivity contribution in [3.8, 4) is 0 Å². The molecule has 18 heavy (non-hydrogen) atoms. The van der Waals surface area contributed by atoms with E-state index in [1.54, 1.807) is 5.38 Å². The molecule has 0 atom stereocenters. The van der Waals surface area contributed by atoms with Gasteiger partial charge in [-0.15, -0.1) is 11.3 Å². The second-order valence-electron chi connectivity index (χ2n) is 3.27. The van der Waals surface area contributed by atoms with Gasteiger partial charge in [0.15, 0.2) is 0 Å². The number of carboxylic acid groups (broad SMARTS) is 1. The number of urea groups is 1. The van der Waals surface area contributed by atoms with Gasteiger partial charge in [0.25, 0.3) is 0 Å². The molecule has 4 N–H and O–H groups in total. The molecule has 1 aromatic rings. The highest BCUT2D eigenvalue weighted by atomic mass is 32.1. The Kier molecular flexibility index (Phi) is 5.12. The molecule has 0 saturated carbocycles. The summed E-state index contributed by atoms with van der Waals surface area (Å²) in [6, 6.07) is 0.872. The van der Waals surface area contributed by atoms with Crippen molar-refractivity contribution in [3.05, 3.63) is 17.0 Å². The van der Waals surface area contributed by atoms with Crippen molar-refractivity contribution < 1.29 is 19.5 Å². The molecule has 98 valence electrons. The number of amides is 3. The van der Waals surface area contributed by atoms with Crippen molar-refractivity contribution >= 4 is 34.2 Å². The number of carbonyl (C=O) groups is 3. The lowest BCUT2D eigenvalue weighted by atomic mass is 10.3. The maximum atomic E-state index is 11.4. The van der Waals surface area contributed by atoms with E-state index in [0.717, 1.165) is 11.3 Å². The van der Waals surface area contributed by atoms with Gasteiger partial charge in [0.2, 0.25) is 5.91 Å². The Labute approximate surface area is 107 Å². The number of hydrogen-bond acceptors (Lipinski definition) is 4. The van der Waals surface area contributed by atoms with E-state index in [0.29, 0.717) is 0 Å². The molecule has 0 saturated heterocycles. The van der Waals surface area contributed by atoms with Crippen LogP contribution in [0, 0.1) is 0 Å². The van der Waals surface area contributed by atoms with Crippen LogP contribution in [-0.2, 0) is 4.79 Å². The molecule has 0 aliphatic carbocycles. The molecule has 0 unspecified atom stereocenters. The van der Waals surface area contributed by atoms with Crippen molar-refractivity contribution in [2.24, 2.45) is 0 Å². The molecule has 0 aromatic carbocycles. The first-order chi connectivity index (χ1) is 8.54. The molecule has 1 aromatic heterocycles. The zero-order valence-electron chi connectivity index (χ0n) is 9.65. The number of hydrogen-bond donors (Lipinski definition) is 4. The first kappa shape index (κ1) is 14.0. The molecule has 1 rings (SSSR count). The van der Waals surface area contributed by atoms with E-state index in [9.17, 15) is 14.4 Å². The molecular formula is C10H13N3O4S. The molecule has 8 heteroatoms. The number of nitrogens with one attached hydrogen (secondary N) is 3. The minimum Gasteiger partial charge on any atom is -0.478 e. The van der Waals surface area contributed by atoms with Gasteiger partial charge in [-0.25, -0.2) is 9.59 Å².